The predicted octanol–water partition coefficient (Wildman–Crippen LogP) is 1.88. The number of hydrogen-bond donors (Lipinski definition) is 2. The molecule has 13 heavy (non-hydrogen) atoms. The summed E-state index contributed by atoms with van der Waals surface area (Å²) >= 11 is 4.87. The Bertz CT molecular complexity index is 344. The maximum absolute atomic E-state index is 5.52. The molecule has 72 valence electrons. The zero-order chi connectivity index (χ0) is 10.0. The van der Waals surface area contributed by atoms with Crippen LogP contribution in [0.3, 0.4) is 0 Å². The number of nitrogens with two attached hydrogens (primary N) is 1. The van der Waals surface area contributed by atoms with E-state index in [9.17, 15) is 0 Å². The van der Waals surface area contributed by atoms with E-state index in [1.54, 1.807) is 0 Å². The molecule has 0 amide bonds. The van der Waals surface area contributed by atoms with Crippen molar-refractivity contribution in [3.05, 3.63) is 10.6 Å². The molecule has 1 aromatic rings. The molecular weight excluding hydrogens is 184 g/mol. The Morgan fingerprint density at radius 3 is 2.38 bits per heavy atom. The molecule has 0 fully saturated rings. The van der Waals surface area contributed by atoms with Crippen LogP contribution in [0.2, 0.25) is 0 Å². The second kappa shape index (κ2) is 3.83. The van der Waals surface area contributed by atoms with Crippen LogP contribution in [0.25, 0.3) is 0 Å². The first-order valence-electron chi connectivity index (χ1n) is 4.24. The molecule has 0 bridgehead atoms. The Hall–Kier alpha value is -0.970. The fourth-order valence-electron chi connectivity index (χ4n) is 0.950. The monoisotopic (exact) mass is 198 g/mol. The quantitative estimate of drug-likeness (QED) is 0.712. The van der Waals surface area contributed by atoms with Crippen LogP contribution in [0.5, 0.6) is 0 Å². The predicted molar refractivity (Wildman–Crippen MR) is 54.9 cm³/mol. The Balaban J connectivity index is 3.08. The number of nitrogen functional groups attached to an aromatic ring is 1. The van der Waals surface area contributed by atoms with Gasteiger partial charge in [-0.25, -0.2) is 4.98 Å². The molecule has 5 heteroatoms. The molecule has 0 radical (unpaired) electrons. The standard InChI is InChI=1S/C8H14N4S/c1-4(2)5(3)6-10-7(9)12-8(13)11-6/h4-5H,1-3H3,(H3,9,10,11,12,13). The van der Waals surface area contributed by atoms with E-state index in [1.807, 2.05) is 0 Å². The summed E-state index contributed by atoms with van der Waals surface area (Å²) in [5.41, 5.74) is 5.52. The molecule has 3 N–H and O–H groups in total. The topological polar surface area (TPSA) is 67.6 Å². The number of H-pyrrole nitrogens is 1. The highest BCUT2D eigenvalue weighted by Crippen LogP contribution is 2.19. The van der Waals surface area contributed by atoms with E-state index in [-0.39, 0.29) is 0 Å². The fourth-order valence-corrected chi connectivity index (χ4v) is 1.15. The number of aromatic nitrogens is 3. The molecule has 1 heterocycles. The molecule has 0 aliphatic heterocycles. The molecule has 0 aliphatic carbocycles. The number of aromatic amines is 1. The van der Waals surface area contributed by atoms with Crippen LogP contribution < -0.4 is 5.73 Å². The van der Waals surface area contributed by atoms with Crippen molar-refractivity contribution in [2.45, 2.75) is 26.7 Å². The highest BCUT2D eigenvalue weighted by Gasteiger charge is 2.12. The molecular formula is C8H14N4S. The summed E-state index contributed by atoms with van der Waals surface area (Å²) in [5.74, 6) is 1.96. The van der Waals surface area contributed by atoms with E-state index in [4.69, 9.17) is 18.0 Å². The van der Waals surface area contributed by atoms with Gasteiger partial charge in [0.2, 0.25) is 10.7 Å². The lowest BCUT2D eigenvalue weighted by molar-refractivity contribution is 0.508. The van der Waals surface area contributed by atoms with E-state index in [0.717, 1.165) is 5.82 Å². The molecule has 0 spiro atoms. The van der Waals surface area contributed by atoms with Crippen LogP contribution in [0.4, 0.5) is 5.95 Å². The molecule has 0 aliphatic rings. The maximum Gasteiger partial charge on any atom is 0.224 e. The first-order valence-corrected chi connectivity index (χ1v) is 4.65. The van der Waals surface area contributed by atoms with Gasteiger partial charge in [-0.15, -0.1) is 0 Å². The van der Waals surface area contributed by atoms with Gasteiger partial charge < -0.3 is 10.7 Å². The third-order valence-corrected chi connectivity index (χ3v) is 2.30. The van der Waals surface area contributed by atoms with E-state index < -0.39 is 0 Å². The van der Waals surface area contributed by atoms with E-state index in [2.05, 4.69) is 35.7 Å². The summed E-state index contributed by atoms with van der Waals surface area (Å²) in [7, 11) is 0. The second-order valence-electron chi connectivity index (χ2n) is 3.43. The number of anilines is 1. The van der Waals surface area contributed by atoms with Gasteiger partial charge in [0.05, 0.1) is 0 Å². The van der Waals surface area contributed by atoms with Crippen LogP contribution in [0.1, 0.15) is 32.5 Å². The number of nitrogens with one attached hydrogen (secondary N) is 1. The molecule has 0 saturated heterocycles. The average molecular weight is 198 g/mol. The van der Waals surface area contributed by atoms with E-state index in [0.29, 0.717) is 22.6 Å². The first kappa shape index (κ1) is 10.1. The third kappa shape index (κ3) is 2.48. The number of hydrogen-bond acceptors (Lipinski definition) is 4. The van der Waals surface area contributed by atoms with Crippen molar-refractivity contribution in [2.24, 2.45) is 5.92 Å². The molecule has 1 unspecified atom stereocenters. The third-order valence-electron chi connectivity index (χ3n) is 2.12. The van der Waals surface area contributed by atoms with Gasteiger partial charge in [0.15, 0.2) is 0 Å². The van der Waals surface area contributed by atoms with Crippen LogP contribution in [0.15, 0.2) is 0 Å². The summed E-state index contributed by atoms with van der Waals surface area (Å²) in [6.45, 7) is 6.33. The second-order valence-corrected chi connectivity index (χ2v) is 3.80. The summed E-state index contributed by atoms with van der Waals surface area (Å²) in [6.07, 6.45) is 0. The van der Waals surface area contributed by atoms with Gasteiger partial charge in [-0.05, 0) is 18.1 Å². The van der Waals surface area contributed by atoms with Crippen molar-refractivity contribution < 1.29 is 0 Å². The first-order chi connectivity index (χ1) is 6.00. The van der Waals surface area contributed by atoms with Crippen molar-refractivity contribution in [1.82, 2.24) is 15.0 Å². The summed E-state index contributed by atoms with van der Waals surface area (Å²) < 4.78 is 0.304. The minimum absolute atomic E-state index is 0.304. The normalized spacial score (nSPS) is 13.2. The van der Waals surface area contributed by atoms with Crippen molar-refractivity contribution in [2.75, 3.05) is 5.73 Å². The van der Waals surface area contributed by atoms with Gasteiger partial charge >= 0.3 is 0 Å². The lowest BCUT2D eigenvalue weighted by atomic mass is 9.97. The maximum atomic E-state index is 5.52. The largest absolute Gasteiger partial charge is 0.369 e. The molecule has 1 aromatic heterocycles. The smallest absolute Gasteiger partial charge is 0.224 e. The molecule has 0 saturated carbocycles. The van der Waals surface area contributed by atoms with Gasteiger partial charge in [-0.2, -0.15) is 4.98 Å². The van der Waals surface area contributed by atoms with Gasteiger partial charge in [0.25, 0.3) is 0 Å². The fraction of sp³-hybridized carbons (Fsp3) is 0.625. The SMILES string of the molecule is CC(C)C(C)c1nc(=S)nc(N)[nH]1. The summed E-state index contributed by atoms with van der Waals surface area (Å²) in [6, 6.07) is 0. The zero-order valence-corrected chi connectivity index (χ0v) is 8.85. The molecule has 1 atom stereocenters. The minimum Gasteiger partial charge on any atom is -0.369 e. The van der Waals surface area contributed by atoms with Crippen molar-refractivity contribution >= 4 is 18.2 Å². The lowest BCUT2D eigenvalue weighted by Crippen LogP contribution is -2.10. The van der Waals surface area contributed by atoms with Crippen LogP contribution in [-0.2, 0) is 0 Å². The van der Waals surface area contributed by atoms with Crippen molar-refractivity contribution in [3.8, 4) is 0 Å². The van der Waals surface area contributed by atoms with Crippen molar-refractivity contribution in [1.29, 1.82) is 0 Å². The van der Waals surface area contributed by atoms with Gasteiger partial charge in [-0.1, -0.05) is 20.8 Å². The number of nitrogens with zero attached hydrogens (tertiary/aromatic N) is 2. The molecule has 0 aromatic carbocycles. The Morgan fingerprint density at radius 2 is 1.92 bits per heavy atom. The van der Waals surface area contributed by atoms with E-state index in [1.165, 1.54) is 0 Å². The van der Waals surface area contributed by atoms with Gasteiger partial charge in [0.1, 0.15) is 5.82 Å². The van der Waals surface area contributed by atoms with Crippen LogP contribution >= 0.6 is 12.2 Å². The summed E-state index contributed by atoms with van der Waals surface area (Å²) in [5, 5.41) is 0. The Kier molecular flexibility index (Phi) is 2.98. The van der Waals surface area contributed by atoms with Crippen LogP contribution in [-0.4, -0.2) is 15.0 Å². The minimum atomic E-state index is 0.304. The molecule has 1 rings (SSSR count). The molecule has 4 nitrogen and oxygen atoms in total. The lowest BCUT2D eigenvalue weighted by Gasteiger charge is -2.14. The van der Waals surface area contributed by atoms with E-state index >= 15 is 0 Å². The van der Waals surface area contributed by atoms with Gasteiger partial charge in [-0.3, -0.25) is 0 Å². The highest BCUT2D eigenvalue weighted by atomic mass is 32.1. The van der Waals surface area contributed by atoms with Crippen LogP contribution in [0, 0.1) is 10.7 Å². The van der Waals surface area contributed by atoms with Gasteiger partial charge in [0, 0.05) is 5.92 Å². The Labute approximate surface area is 82.6 Å². The Morgan fingerprint density at radius 1 is 1.31 bits per heavy atom. The zero-order valence-electron chi connectivity index (χ0n) is 8.03. The number of rotatable bonds is 2. The van der Waals surface area contributed by atoms with Crippen molar-refractivity contribution in [3.63, 3.8) is 0 Å². The summed E-state index contributed by atoms with van der Waals surface area (Å²) in [4.78, 5) is 10.8. The average Bonchev–Trinajstić information content (AvgIpc) is 2.01. The highest BCUT2D eigenvalue weighted by molar-refractivity contribution is 7.71.